The third-order valence-electron chi connectivity index (χ3n) is 6.43. The van der Waals surface area contributed by atoms with Gasteiger partial charge in [0, 0.05) is 17.6 Å². The molecule has 7 nitrogen and oxygen atoms in total. The van der Waals surface area contributed by atoms with E-state index in [9.17, 15) is 18.0 Å². The number of hydrogen-bond acceptors (Lipinski definition) is 4. The van der Waals surface area contributed by atoms with Gasteiger partial charge in [-0.3, -0.25) is 13.9 Å². The summed E-state index contributed by atoms with van der Waals surface area (Å²) < 4.78 is 26.4. The SMILES string of the molecule is CCC(C(=O)NC1CCCC1)N(CCc1ccccc1)C(=O)CN(c1cc(Cl)ccc1Cl)S(C)(=O)=O. The highest BCUT2D eigenvalue weighted by atomic mass is 35.5. The lowest BCUT2D eigenvalue weighted by Crippen LogP contribution is -2.54. The summed E-state index contributed by atoms with van der Waals surface area (Å²) in [5, 5.41) is 3.53. The molecule has 196 valence electrons. The van der Waals surface area contributed by atoms with Crippen LogP contribution in [0.4, 0.5) is 5.69 Å². The van der Waals surface area contributed by atoms with E-state index < -0.39 is 28.5 Å². The number of sulfonamides is 1. The minimum absolute atomic E-state index is 0.107. The number of anilines is 1. The van der Waals surface area contributed by atoms with Crippen LogP contribution < -0.4 is 9.62 Å². The van der Waals surface area contributed by atoms with Gasteiger partial charge in [0.1, 0.15) is 12.6 Å². The van der Waals surface area contributed by atoms with Crippen molar-refractivity contribution in [2.45, 2.75) is 57.5 Å². The molecule has 1 unspecified atom stereocenters. The van der Waals surface area contributed by atoms with Crippen molar-refractivity contribution in [3.05, 3.63) is 64.1 Å². The van der Waals surface area contributed by atoms with Crippen LogP contribution in [0.25, 0.3) is 0 Å². The summed E-state index contributed by atoms with van der Waals surface area (Å²) in [6, 6.07) is 13.5. The van der Waals surface area contributed by atoms with Gasteiger partial charge in [-0.2, -0.15) is 0 Å². The standard InChI is InChI=1S/C26H33Cl2N3O4S/c1-3-23(26(33)29-21-11-7-8-12-21)30(16-15-19-9-5-4-6-10-19)25(32)18-31(36(2,34)35)24-17-20(27)13-14-22(24)28/h4-6,9-10,13-14,17,21,23H,3,7-8,11-12,15-16,18H2,1-2H3,(H,29,33). The molecule has 0 aliphatic heterocycles. The Bertz CT molecular complexity index is 1160. The Balaban J connectivity index is 1.89. The highest BCUT2D eigenvalue weighted by Gasteiger charge is 2.33. The van der Waals surface area contributed by atoms with Crippen LogP contribution in [0.1, 0.15) is 44.6 Å². The number of rotatable bonds is 11. The topological polar surface area (TPSA) is 86.8 Å². The Hall–Kier alpha value is -2.29. The maximum atomic E-state index is 13.7. The van der Waals surface area contributed by atoms with Gasteiger partial charge in [0.2, 0.25) is 21.8 Å². The van der Waals surface area contributed by atoms with Crippen molar-refractivity contribution in [2.24, 2.45) is 0 Å². The summed E-state index contributed by atoms with van der Waals surface area (Å²) >= 11 is 12.4. The van der Waals surface area contributed by atoms with E-state index in [4.69, 9.17) is 23.2 Å². The van der Waals surface area contributed by atoms with Crippen molar-refractivity contribution in [1.29, 1.82) is 0 Å². The summed E-state index contributed by atoms with van der Waals surface area (Å²) in [6.45, 7) is 1.62. The Morgan fingerprint density at radius 1 is 1.08 bits per heavy atom. The van der Waals surface area contributed by atoms with E-state index in [1.807, 2.05) is 37.3 Å². The third kappa shape index (κ3) is 7.60. The molecule has 1 aliphatic carbocycles. The Morgan fingerprint density at radius 2 is 1.75 bits per heavy atom. The lowest BCUT2D eigenvalue weighted by Gasteiger charge is -2.33. The second-order valence-electron chi connectivity index (χ2n) is 9.10. The molecule has 1 aliphatic rings. The molecule has 1 atom stereocenters. The van der Waals surface area contributed by atoms with E-state index in [0.29, 0.717) is 17.9 Å². The molecule has 0 bridgehead atoms. The van der Waals surface area contributed by atoms with Gasteiger partial charge in [-0.05, 0) is 49.4 Å². The largest absolute Gasteiger partial charge is 0.352 e. The second-order valence-corrected chi connectivity index (χ2v) is 11.9. The molecule has 2 aromatic rings. The molecular formula is C26H33Cl2N3O4S. The number of amides is 2. The molecule has 0 spiro atoms. The molecule has 0 radical (unpaired) electrons. The fourth-order valence-corrected chi connectivity index (χ4v) is 5.82. The van der Waals surface area contributed by atoms with Crippen molar-refractivity contribution in [3.8, 4) is 0 Å². The van der Waals surface area contributed by atoms with Crippen molar-refractivity contribution in [3.63, 3.8) is 0 Å². The maximum absolute atomic E-state index is 13.7. The van der Waals surface area contributed by atoms with Crippen molar-refractivity contribution >= 4 is 50.7 Å². The molecule has 10 heteroatoms. The van der Waals surface area contributed by atoms with Crippen LogP contribution in [0.5, 0.6) is 0 Å². The zero-order valence-corrected chi connectivity index (χ0v) is 23.0. The summed E-state index contributed by atoms with van der Waals surface area (Å²) in [6.07, 6.45) is 5.93. The molecular weight excluding hydrogens is 521 g/mol. The first-order chi connectivity index (χ1) is 17.1. The van der Waals surface area contributed by atoms with E-state index in [2.05, 4.69) is 5.32 Å². The minimum Gasteiger partial charge on any atom is -0.352 e. The molecule has 36 heavy (non-hydrogen) atoms. The van der Waals surface area contributed by atoms with Gasteiger partial charge < -0.3 is 10.2 Å². The highest BCUT2D eigenvalue weighted by molar-refractivity contribution is 7.92. The predicted molar refractivity (Wildman–Crippen MR) is 145 cm³/mol. The number of nitrogens with one attached hydrogen (secondary N) is 1. The molecule has 0 saturated heterocycles. The van der Waals surface area contributed by atoms with Crippen LogP contribution in [0.15, 0.2) is 48.5 Å². The molecule has 1 saturated carbocycles. The van der Waals surface area contributed by atoms with Gasteiger partial charge in [0.15, 0.2) is 0 Å². The van der Waals surface area contributed by atoms with E-state index in [-0.39, 0.29) is 29.2 Å². The van der Waals surface area contributed by atoms with E-state index in [1.54, 1.807) is 6.07 Å². The number of carbonyl (C=O) groups excluding carboxylic acids is 2. The fourth-order valence-electron chi connectivity index (χ4n) is 4.54. The number of halogens is 2. The molecule has 1 N–H and O–H groups in total. The molecule has 2 aromatic carbocycles. The number of nitrogens with zero attached hydrogens (tertiary/aromatic N) is 2. The van der Waals surface area contributed by atoms with Crippen molar-refractivity contribution in [2.75, 3.05) is 23.7 Å². The Kier molecular flexibility index (Phi) is 10.0. The lowest BCUT2D eigenvalue weighted by molar-refractivity contribution is -0.139. The van der Waals surface area contributed by atoms with E-state index >= 15 is 0 Å². The normalized spacial score (nSPS) is 14.9. The Labute approximate surface area is 223 Å². The van der Waals surface area contributed by atoms with Gasteiger partial charge in [0.25, 0.3) is 0 Å². The van der Waals surface area contributed by atoms with Crippen LogP contribution in [0.3, 0.4) is 0 Å². The molecule has 2 amide bonds. The second kappa shape index (κ2) is 12.8. The number of benzene rings is 2. The summed E-state index contributed by atoms with van der Waals surface area (Å²) in [7, 11) is -3.88. The first-order valence-corrected chi connectivity index (χ1v) is 14.8. The third-order valence-corrected chi connectivity index (χ3v) is 8.11. The van der Waals surface area contributed by atoms with Crippen molar-refractivity contribution < 1.29 is 18.0 Å². The van der Waals surface area contributed by atoms with Crippen LogP contribution in [0, 0.1) is 0 Å². The zero-order chi connectivity index (χ0) is 26.3. The van der Waals surface area contributed by atoms with Gasteiger partial charge in [-0.25, -0.2) is 8.42 Å². The van der Waals surface area contributed by atoms with Gasteiger partial charge >= 0.3 is 0 Å². The van der Waals surface area contributed by atoms with Crippen molar-refractivity contribution in [1.82, 2.24) is 10.2 Å². The van der Waals surface area contributed by atoms with Gasteiger partial charge in [-0.1, -0.05) is 73.3 Å². The van der Waals surface area contributed by atoms with E-state index in [1.165, 1.54) is 17.0 Å². The summed E-state index contributed by atoms with van der Waals surface area (Å²) in [5.74, 6) is -0.696. The molecule has 1 fully saturated rings. The number of carbonyl (C=O) groups is 2. The predicted octanol–water partition coefficient (Wildman–Crippen LogP) is 4.67. The van der Waals surface area contributed by atoms with Crippen LogP contribution in [-0.4, -0.2) is 56.6 Å². The molecule has 3 rings (SSSR count). The van der Waals surface area contributed by atoms with Crippen LogP contribution >= 0.6 is 23.2 Å². The van der Waals surface area contributed by atoms with Gasteiger partial charge in [-0.15, -0.1) is 0 Å². The zero-order valence-electron chi connectivity index (χ0n) is 20.6. The van der Waals surface area contributed by atoms with E-state index in [0.717, 1.165) is 41.8 Å². The fraction of sp³-hybridized carbons (Fsp3) is 0.462. The first-order valence-electron chi connectivity index (χ1n) is 12.2. The average Bonchev–Trinajstić information content (AvgIpc) is 3.34. The molecule has 0 aromatic heterocycles. The minimum atomic E-state index is -3.88. The van der Waals surface area contributed by atoms with Crippen LogP contribution in [-0.2, 0) is 26.0 Å². The lowest BCUT2D eigenvalue weighted by atomic mass is 10.1. The first kappa shape index (κ1) is 28.3. The summed E-state index contributed by atoms with van der Waals surface area (Å²) in [4.78, 5) is 28.5. The molecule has 0 heterocycles. The van der Waals surface area contributed by atoms with Gasteiger partial charge in [0.05, 0.1) is 17.0 Å². The smallest absolute Gasteiger partial charge is 0.244 e. The average molecular weight is 555 g/mol. The Morgan fingerprint density at radius 3 is 2.36 bits per heavy atom. The monoisotopic (exact) mass is 553 g/mol. The summed E-state index contributed by atoms with van der Waals surface area (Å²) in [5.41, 5.74) is 1.13. The maximum Gasteiger partial charge on any atom is 0.244 e. The highest BCUT2D eigenvalue weighted by Crippen LogP contribution is 2.31. The van der Waals surface area contributed by atoms with Crippen LogP contribution in [0.2, 0.25) is 10.0 Å². The quantitative estimate of drug-likeness (QED) is 0.438. The number of hydrogen-bond donors (Lipinski definition) is 1.